The van der Waals surface area contributed by atoms with Gasteiger partial charge in [0.1, 0.15) is 0 Å². The fourth-order valence-corrected chi connectivity index (χ4v) is 9.68. The van der Waals surface area contributed by atoms with Crippen molar-refractivity contribution in [2.45, 2.75) is 33.2 Å². The molecule has 1 unspecified atom stereocenters. The molecular weight excluding hydrogens is 655 g/mol. The molecule has 54 heavy (non-hydrogen) atoms. The minimum absolute atomic E-state index is 0.271. The first-order valence-electron chi connectivity index (χ1n) is 19.0. The van der Waals surface area contributed by atoms with Gasteiger partial charge in [-0.3, -0.25) is 0 Å². The van der Waals surface area contributed by atoms with E-state index in [1.807, 2.05) is 0 Å². The van der Waals surface area contributed by atoms with Gasteiger partial charge in [-0.05, 0) is 116 Å². The first kappa shape index (κ1) is 31.0. The maximum absolute atomic E-state index is 2.52. The number of allylic oxidation sites excluding steroid dienone is 2. The number of anilines is 2. The third kappa shape index (κ3) is 4.48. The van der Waals surface area contributed by atoms with Gasteiger partial charge < -0.3 is 14.0 Å². The Balaban J connectivity index is 1.05. The lowest BCUT2D eigenvalue weighted by Gasteiger charge is -2.29. The van der Waals surface area contributed by atoms with E-state index in [-0.39, 0.29) is 6.04 Å². The largest absolute Gasteiger partial charge is 0.333 e. The van der Waals surface area contributed by atoms with E-state index in [1.165, 1.54) is 105 Å². The molecule has 2 aliphatic rings. The number of rotatable bonds is 4. The molecule has 0 N–H and O–H groups in total. The fourth-order valence-electron chi connectivity index (χ4n) is 9.68. The molecule has 11 rings (SSSR count). The lowest BCUT2D eigenvalue weighted by atomic mass is 9.94. The zero-order valence-electron chi connectivity index (χ0n) is 30.7. The fraction of sp³-hybridized carbons (Fsp3) is 0.0980. The summed E-state index contributed by atoms with van der Waals surface area (Å²) >= 11 is 0. The molecule has 0 amide bonds. The zero-order chi connectivity index (χ0) is 36.1. The molecule has 1 atom stereocenters. The molecule has 0 spiro atoms. The normalized spacial score (nSPS) is 15.2. The number of benzene rings is 7. The molecule has 1 aliphatic carbocycles. The molecule has 0 radical (unpaired) electrons. The van der Waals surface area contributed by atoms with Gasteiger partial charge in [-0.25, -0.2) is 0 Å². The van der Waals surface area contributed by atoms with Gasteiger partial charge in [0.05, 0.1) is 33.8 Å². The highest BCUT2D eigenvalue weighted by molar-refractivity contribution is 6.14. The van der Waals surface area contributed by atoms with Crippen molar-refractivity contribution < 1.29 is 0 Å². The van der Waals surface area contributed by atoms with Crippen molar-refractivity contribution in [3.05, 3.63) is 186 Å². The molecule has 9 aromatic rings. The van der Waals surface area contributed by atoms with Crippen molar-refractivity contribution in [1.82, 2.24) is 9.13 Å². The van der Waals surface area contributed by atoms with Gasteiger partial charge in [0, 0.05) is 44.2 Å². The van der Waals surface area contributed by atoms with E-state index in [0.29, 0.717) is 0 Å². The average molecular weight is 694 g/mol. The molecule has 0 saturated carbocycles. The van der Waals surface area contributed by atoms with Crippen LogP contribution in [0.5, 0.6) is 0 Å². The van der Waals surface area contributed by atoms with Crippen molar-refractivity contribution in [2.24, 2.45) is 0 Å². The van der Waals surface area contributed by atoms with Crippen LogP contribution in [0.1, 0.15) is 28.7 Å². The van der Waals surface area contributed by atoms with Gasteiger partial charge in [-0.2, -0.15) is 0 Å². The summed E-state index contributed by atoms with van der Waals surface area (Å²) in [6.07, 6.45) is 5.82. The molecule has 7 aromatic carbocycles. The summed E-state index contributed by atoms with van der Waals surface area (Å²) in [5, 5.41) is 5.11. The minimum Gasteiger partial charge on any atom is -0.333 e. The Morgan fingerprint density at radius 3 is 1.74 bits per heavy atom. The van der Waals surface area contributed by atoms with E-state index in [2.05, 4.69) is 199 Å². The molecule has 0 saturated heterocycles. The molecule has 0 fully saturated rings. The van der Waals surface area contributed by atoms with E-state index in [4.69, 9.17) is 0 Å². The Hall–Kier alpha value is -6.58. The number of aromatic nitrogens is 2. The number of para-hydroxylation sites is 4. The topological polar surface area (TPSA) is 13.1 Å². The Morgan fingerprint density at radius 2 is 1.06 bits per heavy atom. The number of hydrogen-bond donors (Lipinski definition) is 0. The highest BCUT2D eigenvalue weighted by atomic mass is 15.2. The maximum atomic E-state index is 2.52. The molecule has 3 nitrogen and oxygen atoms in total. The molecule has 3 heteroatoms. The maximum Gasteiger partial charge on any atom is 0.0634 e. The Morgan fingerprint density at radius 1 is 0.500 bits per heavy atom. The smallest absolute Gasteiger partial charge is 0.0634 e. The molecular formula is C51H39N3. The summed E-state index contributed by atoms with van der Waals surface area (Å²) in [5.41, 5.74) is 19.0. The van der Waals surface area contributed by atoms with Crippen LogP contribution in [0.25, 0.3) is 71.7 Å². The van der Waals surface area contributed by atoms with E-state index < -0.39 is 0 Å². The highest BCUT2D eigenvalue weighted by Gasteiger charge is 2.36. The highest BCUT2D eigenvalue weighted by Crippen LogP contribution is 2.49. The number of fused-ring (bicyclic) bond motifs is 9. The second-order valence-corrected chi connectivity index (χ2v) is 15.1. The van der Waals surface area contributed by atoms with Crippen molar-refractivity contribution in [3.63, 3.8) is 0 Å². The van der Waals surface area contributed by atoms with Crippen molar-refractivity contribution in [2.75, 3.05) is 4.90 Å². The Kier molecular flexibility index (Phi) is 6.72. The van der Waals surface area contributed by atoms with E-state index in [9.17, 15) is 0 Å². The third-order valence-corrected chi connectivity index (χ3v) is 11.8. The van der Waals surface area contributed by atoms with Crippen LogP contribution in [0.2, 0.25) is 0 Å². The lowest BCUT2D eigenvalue weighted by molar-refractivity contribution is 0.827. The summed E-state index contributed by atoms with van der Waals surface area (Å²) < 4.78 is 4.95. The Bertz CT molecular complexity index is 3040. The summed E-state index contributed by atoms with van der Waals surface area (Å²) in [6, 6.07) is 56.4. The molecule has 1 aliphatic heterocycles. The predicted octanol–water partition coefficient (Wildman–Crippen LogP) is 13.3. The summed E-state index contributed by atoms with van der Waals surface area (Å²) in [6.45, 7) is 6.66. The lowest BCUT2D eigenvalue weighted by Crippen LogP contribution is -2.27. The van der Waals surface area contributed by atoms with E-state index in [1.54, 1.807) is 0 Å². The minimum atomic E-state index is 0.271. The zero-order valence-corrected chi connectivity index (χ0v) is 30.7. The van der Waals surface area contributed by atoms with E-state index >= 15 is 0 Å². The van der Waals surface area contributed by atoms with Crippen LogP contribution >= 0.6 is 0 Å². The predicted molar refractivity (Wildman–Crippen MR) is 229 cm³/mol. The molecule has 0 bridgehead atoms. The number of nitrogens with zero attached hydrogens (tertiary/aromatic N) is 3. The average Bonchev–Trinajstić information content (AvgIpc) is 3.83. The van der Waals surface area contributed by atoms with Crippen LogP contribution in [0.15, 0.2) is 164 Å². The molecule has 258 valence electrons. The van der Waals surface area contributed by atoms with Gasteiger partial charge in [0.15, 0.2) is 0 Å². The molecule has 2 aromatic heterocycles. The first-order chi connectivity index (χ1) is 26.5. The standard InChI is InChI=1S/C51H39N3/c1-32-27-33(2)51(34(3)28-32)54-47-20-12-9-16-40(47)43-30-36(22-25-50(43)54)35-21-24-48-42(29-35)39-15-7-11-19-46(39)53(48)38-23-26-49-44(31-38)41-17-8-10-18-45(41)52(49)37-13-5-4-6-14-37/h4-25,27-31,49H,26H2,1-3H3. The van der Waals surface area contributed by atoms with Gasteiger partial charge in [0.2, 0.25) is 0 Å². The van der Waals surface area contributed by atoms with Crippen LogP contribution in [-0.4, -0.2) is 15.2 Å². The first-order valence-corrected chi connectivity index (χ1v) is 19.0. The van der Waals surface area contributed by atoms with Crippen LogP contribution in [0.3, 0.4) is 0 Å². The van der Waals surface area contributed by atoms with Gasteiger partial charge >= 0.3 is 0 Å². The van der Waals surface area contributed by atoms with Crippen LogP contribution in [0.4, 0.5) is 11.4 Å². The van der Waals surface area contributed by atoms with Crippen LogP contribution in [0, 0.1) is 20.8 Å². The second kappa shape index (κ2) is 11.7. The van der Waals surface area contributed by atoms with Crippen molar-refractivity contribution in [3.8, 4) is 16.8 Å². The monoisotopic (exact) mass is 693 g/mol. The van der Waals surface area contributed by atoms with Gasteiger partial charge in [-0.15, -0.1) is 0 Å². The van der Waals surface area contributed by atoms with Crippen molar-refractivity contribution in [1.29, 1.82) is 0 Å². The number of aryl methyl sites for hydroxylation is 3. The Labute approximate surface area is 315 Å². The molecule has 3 heterocycles. The quantitative estimate of drug-likeness (QED) is 0.179. The van der Waals surface area contributed by atoms with E-state index in [0.717, 1.165) is 6.42 Å². The van der Waals surface area contributed by atoms with Crippen LogP contribution in [-0.2, 0) is 0 Å². The summed E-state index contributed by atoms with van der Waals surface area (Å²) in [5.74, 6) is 0. The summed E-state index contributed by atoms with van der Waals surface area (Å²) in [4.78, 5) is 2.52. The van der Waals surface area contributed by atoms with Gasteiger partial charge in [-0.1, -0.05) is 109 Å². The number of hydrogen-bond acceptors (Lipinski definition) is 1. The third-order valence-electron chi connectivity index (χ3n) is 11.8. The van der Waals surface area contributed by atoms with Crippen LogP contribution < -0.4 is 4.90 Å². The summed E-state index contributed by atoms with van der Waals surface area (Å²) in [7, 11) is 0. The van der Waals surface area contributed by atoms with Crippen molar-refractivity contribution >= 4 is 66.3 Å². The SMILES string of the molecule is Cc1cc(C)c(-n2c3ccccc3c3cc(-c4ccc5c(c4)c4ccccc4n5C4=CCC5C(=C4)c4ccccc4N5c4ccccc4)ccc32)c(C)c1. The second-order valence-electron chi connectivity index (χ2n) is 15.1. The van der Waals surface area contributed by atoms with Gasteiger partial charge in [0.25, 0.3) is 0 Å².